The van der Waals surface area contributed by atoms with Crippen molar-refractivity contribution in [3.63, 3.8) is 0 Å². The van der Waals surface area contributed by atoms with Gasteiger partial charge in [-0.3, -0.25) is 38.4 Å². The fourth-order valence-electron chi connectivity index (χ4n) is 9.29. The lowest BCUT2D eigenvalue weighted by atomic mass is 10.00. The second-order valence-corrected chi connectivity index (χ2v) is 22.7. The number of primary amides is 1. The van der Waals surface area contributed by atoms with Gasteiger partial charge in [0.2, 0.25) is 47.3 Å². The minimum Gasteiger partial charge on any atom is -0.508 e. The zero-order valence-corrected chi connectivity index (χ0v) is 46.1. The number of amides is 8. The molecule has 4 aromatic carbocycles. The monoisotopic (exact) mass is 1130 g/mol. The number of H-pyrrole nitrogens is 2. The van der Waals surface area contributed by atoms with Gasteiger partial charge in [0.1, 0.15) is 48.0 Å². The van der Waals surface area contributed by atoms with Crippen molar-refractivity contribution in [2.24, 2.45) is 23.1 Å². The van der Waals surface area contributed by atoms with Crippen LogP contribution in [-0.4, -0.2) is 129 Å². The molecule has 0 aliphatic carbocycles. The van der Waals surface area contributed by atoms with Crippen LogP contribution >= 0.6 is 21.6 Å². The molecule has 424 valence electrons. The van der Waals surface area contributed by atoms with Gasteiger partial charge < -0.3 is 69.5 Å². The molecular formula is C57H70N12O9S2. The molecule has 0 radical (unpaired) electrons. The number of aromatic nitrogens is 2. The predicted octanol–water partition coefficient (Wildman–Crippen LogP) is 2.01. The van der Waals surface area contributed by atoms with Gasteiger partial charge in [0.15, 0.2) is 0 Å². The number of hydrogen-bond acceptors (Lipinski definition) is 13. The molecule has 2 aromatic heterocycles. The summed E-state index contributed by atoms with van der Waals surface area (Å²) in [7, 11) is 2.13. The number of unbranched alkanes of at least 4 members (excludes halogenated alkanes) is 1. The summed E-state index contributed by atoms with van der Waals surface area (Å²) < 4.78 is 0. The van der Waals surface area contributed by atoms with Crippen molar-refractivity contribution in [1.29, 1.82) is 0 Å². The molecule has 23 heteroatoms. The Bertz CT molecular complexity index is 3120. The molecule has 80 heavy (non-hydrogen) atoms. The number of para-hydroxylation sites is 2. The van der Waals surface area contributed by atoms with E-state index in [1.54, 1.807) is 50.5 Å². The summed E-state index contributed by atoms with van der Waals surface area (Å²) in [4.78, 5) is 121. The van der Waals surface area contributed by atoms with Crippen LogP contribution in [0.15, 0.2) is 116 Å². The summed E-state index contributed by atoms with van der Waals surface area (Å²) in [5.41, 5.74) is 22.4. The average molecular weight is 1130 g/mol. The molecular weight excluding hydrogens is 1060 g/mol. The SMILES string of the molecule is CC(C)[C@H]1NC(=O)[C@@H](CCCCN)NC(=O)[C@H](Cc2c[nH]c3ccccc23)NC(=O)[C@@H](Cc2ccc(O)cc2)NC(=O)[C@@H](NC(=O)[C@H](N)Cc2ccccc2)CSSC[C@@H](C(=O)N[C@@H](Cc2c[nH]c3ccccc23)C(N)=O)NC1=O. The van der Waals surface area contributed by atoms with E-state index in [1.165, 1.54) is 12.1 Å². The molecule has 0 unspecified atom stereocenters. The number of aromatic amines is 2. The Balaban J connectivity index is 1.25. The van der Waals surface area contributed by atoms with Crippen LogP contribution in [0.2, 0.25) is 0 Å². The number of fused-ring (bicyclic) bond motifs is 2. The fourth-order valence-corrected chi connectivity index (χ4v) is 11.6. The Morgan fingerprint density at radius 3 is 1.86 bits per heavy atom. The number of rotatable bonds is 18. The average Bonchev–Trinajstić information content (AvgIpc) is 4.06. The molecule has 0 spiro atoms. The van der Waals surface area contributed by atoms with Crippen LogP contribution in [-0.2, 0) is 64.0 Å². The number of carbonyl (C=O) groups is 8. The third-order valence-corrected chi connectivity index (χ3v) is 16.2. The highest BCUT2D eigenvalue weighted by molar-refractivity contribution is 8.76. The van der Waals surface area contributed by atoms with Crippen LogP contribution < -0.4 is 54.4 Å². The molecule has 1 fully saturated rings. The second kappa shape index (κ2) is 28.9. The van der Waals surface area contributed by atoms with Crippen molar-refractivity contribution in [2.75, 3.05) is 18.1 Å². The number of phenols is 1. The van der Waals surface area contributed by atoms with Gasteiger partial charge in [0, 0.05) is 65.0 Å². The van der Waals surface area contributed by atoms with Crippen LogP contribution in [0.1, 0.15) is 55.4 Å². The molecule has 6 aromatic rings. The number of aromatic hydroxyl groups is 1. The summed E-state index contributed by atoms with van der Waals surface area (Å²) in [6, 6.07) is 19.5. The van der Waals surface area contributed by atoms with Crippen molar-refractivity contribution < 1.29 is 43.5 Å². The highest BCUT2D eigenvalue weighted by Crippen LogP contribution is 2.25. The minimum absolute atomic E-state index is 0.00683. The first-order chi connectivity index (χ1) is 38.5. The molecule has 8 amide bonds. The van der Waals surface area contributed by atoms with Crippen molar-refractivity contribution in [1.82, 2.24) is 47.2 Å². The van der Waals surface area contributed by atoms with E-state index < -0.39 is 102 Å². The summed E-state index contributed by atoms with van der Waals surface area (Å²) in [5, 5.41) is 31.3. The van der Waals surface area contributed by atoms with Crippen LogP contribution in [0.3, 0.4) is 0 Å². The number of hydrogen-bond donors (Lipinski definition) is 13. The number of nitrogens with one attached hydrogen (secondary N) is 9. The van der Waals surface area contributed by atoms with E-state index in [0.717, 1.165) is 49.0 Å². The maximum atomic E-state index is 14.9. The lowest BCUT2D eigenvalue weighted by molar-refractivity contribution is -0.136. The van der Waals surface area contributed by atoms with E-state index in [-0.39, 0.29) is 55.9 Å². The van der Waals surface area contributed by atoms with Gasteiger partial charge in [0.05, 0.1) is 6.04 Å². The first-order valence-corrected chi connectivity index (χ1v) is 29.0. The zero-order valence-electron chi connectivity index (χ0n) is 44.5. The predicted molar refractivity (Wildman–Crippen MR) is 309 cm³/mol. The van der Waals surface area contributed by atoms with E-state index in [0.29, 0.717) is 29.5 Å². The molecule has 1 aliphatic heterocycles. The van der Waals surface area contributed by atoms with Crippen molar-refractivity contribution in [3.05, 3.63) is 138 Å². The molecule has 1 aliphatic rings. The Labute approximate surface area is 471 Å². The smallest absolute Gasteiger partial charge is 0.244 e. The van der Waals surface area contributed by atoms with Gasteiger partial charge in [-0.1, -0.05) is 114 Å². The Hall–Kier alpha value is -7.86. The van der Waals surface area contributed by atoms with E-state index in [2.05, 4.69) is 47.2 Å². The topological polar surface area (TPSA) is 351 Å². The summed E-state index contributed by atoms with van der Waals surface area (Å²) >= 11 is 0. The highest BCUT2D eigenvalue weighted by atomic mass is 33.1. The van der Waals surface area contributed by atoms with Gasteiger partial charge in [-0.25, -0.2) is 0 Å². The van der Waals surface area contributed by atoms with Crippen molar-refractivity contribution in [3.8, 4) is 5.75 Å². The van der Waals surface area contributed by atoms with E-state index in [9.17, 15) is 43.5 Å². The summed E-state index contributed by atoms with van der Waals surface area (Å²) in [6.07, 6.45) is 4.31. The lowest BCUT2D eigenvalue weighted by Crippen LogP contribution is -2.61. The summed E-state index contributed by atoms with van der Waals surface area (Å²) in [6.45, 7) is 3.68. The third kappa shape index (κ3) is 16.6. The molecule has 0 saturated carbocycles. The Morgan fingerprint density at radius 1 is 0.637 bits per heavy atom. The number of phenolic OH excluding ortho intramolecular Hbond substituents is 1. The first kappa shape index (κ1) is 59.8. The zero-order chi connectivity index (χ0) is 57.3. The normalized spacial score (nSPS) is 20.8. The maximum absolute atomic E-state index is 14.9. The van der Waals surface area contributed by atoms with Crippen molar-refractivity contribution >= 4 is 90.7 Å². The van der Waals surface area contributed by atoms with Gasteiger partial charge >= 0.3 is 0 Å². The lowest BCUT2D eigenvalue weighted by Gasteiger charge is -2.29. The van der Waals surface area contributed by atoms with Crippen LogP contribution in [0, 0.1) is 5.92 Å². The van der Waals surface area contributed by atoms with Crippen LogP contribution in [0.4, 0.5) is 0 Å². The second-order valence-electron chi connectivity index (χ2n) is 20.1. The van der Waals surface area contributed by atoms with Gasteiger partial charge in [-0.2, -0.15) is 0 Å². The summed E-state index contributed by atoms with van der Waals surface area (Å²) in [5.74, 6) is -7.07. The minimum atomic E-state index is -1.40. The highest BCUT2D eigenvalue weighted by Gasteiger charge is 2.36. The van der Waals surface area contributed by atoms with Crippen LogP contribution in [0.5, 0.6) is 5.75 Å². The van der Waals surface area contributed by atoms with Crippen molar-refractivity contribution in [2.45, 2.75) is 107 Å². The molecule has 16 N–H and O–H groups in total. The van der Waals surface area contributed by atoms with Gasteiger partial charge in [-0.05, 0) is 84.7 Å². The largest absolute Gasteiger partial charge is 0.508 e. The van der Waals surface area contributed by atoms with E-state index >= 15 is 0 Å². The number of carbonyl (C=O) groups excluding carboxylic acids is 8. The number of benzene rings is 4. The van der Waals surface area contributed by atoms with Gasteiger partial charge in [0.25, 0.3) is 0 Å². The molecule has 7 rings (SSSR count). The fraction of sp³-hybridized carbons (Fsp3) is 0.368. The third-order valence-electron chi connectivity index (χ3n) is 13.8. The first-order valence-electron chi connectivity index (χ1n) is 26.5. The maximum Gasteiger partial charge on any atom is 0.244 e. The Kier molecular flexibility index (Phi) is 21.6. The standard InChI is InChI=1S/C57H70N12O9S2/c1-32(2)49-57(78)68-48(55(76)64-44(50(60)71)26-35-28-61-41-16-8-6-14-38(35)41)31-80-79-30-47(67-51(72)40(59)24-33-12-4-3-5-13-33)56(77)65-45(25-34-19-21-37(70)22-20-34)53(74)66-46(27-36-29-62-42-17-9-7-15-39(36)42)54(75)63-43(52(73)69-49)18-10-11-23-58/h3-9,12-17,19-22,28-29,32,40,43-49,61-62,70H,10-11,18,23-27,30-31,58-59H2,1-2H3,(H2,60,71)(H,63,75)(H,64,76)(H,65,77)(H,66,74)(H,67,72)(H,68,78)(H,69,73)/t40-,43-,44+,45-,46+,47+,48+,49-/m1/s1. The molecule has 21 nitrogen and oxygen atoms in total. The quantitative estimate of drug-likeness (QED) is 0.0433. The van der Waals surface area contributed by atoms with Crippen LogP contribution in [0.25, 0.3) is 21.8 Å². The van der Waals surface area contributed by atoms with Gasteiger partial charge in [-0.15, -0.1) is 0 Å². The molecule has 8 atom stereocenters. The Morgan fingerprint density at radius 2 is 1.21 bits per heavy atom. The molecule has 1 saturated heterocycles. The van der Waals surface area contributed by atoms with E-state index in [1.807, 2.05) is 66.7 Å². The molecule has 0 bridgehead atoms. The number of nitrogens with two attached hydrogens (primary N) is 3. The molecule has 3 heterocycles. The van der Waals surface area contributed by atoms with E-state index in [4.69, 9.17) is 17.2 Å².